The fourth-order valence-corrected chi connectivity index (χ4v) is 2.76. The zero-order chi connectivity index (χ0) is 17.1. The molecule has 0 aliphatic rings. The third kappa shape index (κ3) is 3.19. The van der Waals surface area contributed by atoms with Crippen LogP contribution in [0.1, 0.15) is 21.7 Å². The Bertz CT molecular complexity index is 859. The van der Waals surface area contributed by atoms with Crippen molar-refractivity contribution >= 4 is 17.5 Å². The summed E-state index contributed by atoms with van der Waals surface area (Å²) in [6.07, 6.45) is 0. The van der Waals surface area contributed by atoms with E-state index in [0.717, 1.165) is 11.1 Å². The average molecular weight is 341 g/mol. The van der Waals surface area contributed by atoms with Crippen LogP contribution in [-0.4, -0.2) is 23.0 Å². The minimum Gasteiger partial charge on any atom is -0.360 e. The number of amides is 1. The topological polar surface area (TPSA) is 46.3 Å². The van der Waals surface area contributed by atoms with Crippen molar-refractivity contribution in [3.8, 4) is 11.3 Å². The first-order valence-electron chi connectivity index (χ1n) is 7.58. The van der Waals surface area contributed by atoms with E-state index >= 15 is 0 Å². The van der Waals surface area contributed by atoms with Gasteiger partial charge in [-0.1, -0.05) is 65.3 Å². The number of halogens is 1. The summed E-state index contributed by atoms with van der Waals surface area (Å²) in [5, 5.41) is 4.71. The molecular formula is C19H17ClN2O2. The van der Waals surface area contributed by atoms with E-state index in [4.69, 9.17) is 16.1 Å². The Kier molecular flexibility index (Phi) is 4.67. The Labute approximate surface area is 145 Å². The highest BCUT2D eigenvalue weighted by atomic mass is 35.5. The first kappa shape index (κ1) is 16.3. The van der Waals surface area contributed by atoms with E-state index < -0.39 is 0 Å². The SMILES string of the molecule is Cc1onc(-c2ccccc2)c1C(=O)N(C)Cc1ccccc1Cl. The number of hydrogen-bond donors (Lipinski definition) is 0. The molecular weight excluding hydrogens is 324 g/mol. The number of benzene rings is 2. The highest BCUT2D eigenvalue weighted by molar-refractivity contribution is 6.31. The average Bonchev–Trinajstić information content (AvgIpc) is 2.98. The third-order valence-corrected chi connectivity index (χ3v) is 4.20. The van der Waals surface area contributed by atoms with Crippen LogP contribution in [0.2, 0.25) is 5.02 Å². The van der Waals surface area contributed by atoms with Crippen molar-refractivity contribution in [3.63, 3.8) is 0 Å². The highest BCUT2D eigenvalue weighted by Crippen LogP contribution is 2.27. The third-order valence-electron chi connectivity index (χ3n) is 3.84. The summed E-state index contributed by atoms with van der Waals surface area (Å²) in [4.78, 5) is 14.5. The first-order chi connectivity index (χ1) is 11.6. The fourth-order valence-electron chi connectivity index (χ4n) is 2.56. The number of rotatable bonds is 4. The van der Waals surface area contributed by atoms with E-state index in [0.29, 0.717) is 28.6 Å². The number of nitrogens with zero attached hydrogens (tertiary/aromatic N) is 2. The predicted molar refractivity (Wildman–Crippen MR) is 93.9 cm³/mol. The van der Waals surface area contributed by atoms with Crippen LogP contribution in [0.3, 0.4) is 0 Å². The molecule has 0 aliphatic heterocycles. The molecule has 0 saturated carbocycles. The maximum atomic E-state index is 12.9. The van der Waals surface area contributed by atoms with Crippen LogP contribution in [-0.2, 0) is 6.54 Å². The lowest BCUT2D eigenvalue weighted by Crippen LogP contribution is -2.27. The van der Waals surface area contributed by atoms with Gasteiger partial charge in [-0.3, -0.25) is 4.79 Å². The second kappa shape index (κ2) is 6.89. The van der Waals surface area contributed by atoms with Gasteiger partial charge in [0.25, 0.3) is 5.91 Å². The van der Waals surface area contributed by atoms with Gasteiger partial charge >= 0.3 is 0 Å². The Morgan fingerprint density at radius 3 is 2.50 bits per heavy atom. The van der Waals surface area contributed by atoms with Crippen molar-refractivity contribution in [2.45, 2.75) is 13.5 Å². The summed E-state index contributed by atoms with van der Waals surface area (Å²) in [6.45, 7) is 2.16. The number of carbonyl (C=O) groups excluding carboxylic acids is 1. The second-order valence-corrected chi connectivity index (χ2v) is 5.99. The van der Waals surface area contributed by atoms with Crippen molar-refractivity contribution in [3.05, 3.63) is 76.5 Å². The van der Waals surface area contributed by atoms with Gasteiger partial charge in [-0.25, -0.2) is 0 Å². The van der Waals surface area contributed by atoms with Gasteiger partial charge in [-0.05, 0) is 18.6 Å². The summed E-state index contributed by atoms with van der Waals surface area (Å²) in [5.41, 5.74) is 2.79. The molecule has 0 saturated heterocycles. The van der Waals surface area contributed by atoms with Gasteiger partial charge < -0.3 is 9.42 Å². The van der Waals surface area contributed by atoms with Crippen LogP contribution in [0.4, 0.5) is 0 Å². The van der Waals surface area contributed by atoms with E-state index in [-0.39, 0.29) is 5.91 Å². The van der Waals surface area contributed by atoms with Gasteiger partial charge in [0.1, 0.15) is 17.0 Å². The van der Waals surface area contributed by atoms with Crippen LogP contribution in [0, 0.1) is 6.92 Å². The summed E-state index contributed by atoms with van der Waals surface area (Å²) in [5.74, 6) is 0.359. The van der Waals surface area contributed by atoms with Crippen molar-refractivity contribution in [1.29, 1.82) is 0 Å². The van der Waals surface area contributed by atoms with E-state index in [9.17, 15) is 4.79 Å². The maximum Gasteiger partial charge on any atom is 0.259 e. The zero-order valence-corrected chi connectivity index (χ0v) is 14.2. The van der Waals surface area contributed by atoms with Gasteiger partial charge in [0, 0.05) is 24.2 Å². The molecule has 0 atom stereocenters. The number of aryl methyl sites for hydroxylation is 1. The van der Waals surface area contributed by atoms with Gasteiger partial charge in [-0.15, -0.1) is 0 Å². The molecule has 1 amide bonds. The Morgan fingerprint density at radius 1 is 1.12 bits per heavy atom. The smallest absolute Gasteiger partial charge is 0.259 e. The van der Waals surface area contributed by atoms with Crippen molar-refractivity contribution in [2.24, 2.45) is 0 Å². The van der Waals surface area contributed by atoms with Crippen molar-refractivity contribution < 1.29 is 9.32 Å². The largest absolute Gasteiger partial charge is 0.360 e. The molecule has 24 heavy (non-hydrogen) atoms. The van der Waals surface area contributed by atoms with Crippen LogP contribution >= 0.6 is 11.6 Å². The monoisotopic (exact) mass is 340 g/mol. The molecule has 3 rings (SSSR count). The molecule has 4 nitrogen and oxygen atoms in total. The standard InChI is InChI=1S/C19H17ClN2O2/c1-13-17(18(21-24-13)14-8-4-3-5-9-14)19(23)22(2)12-15-10-6-7-11-16(15)20/h3-11H,12H2,1-2H3. The summed E-state index contributed by atoms with van der Waals surface area (Å²) >= 11 is 6.19. The number of aromatic nitrogens is 1. The lowest BCUT2D eigenvalue weighted by atomic mass is 10.1. The predicted octanol–water partition coefficient (Wildman–Crippen LogP) is 4.58. The minimum atomic E-state index is -0.146. The molecule has 5 heteroatoms. The molecule has 3 aromatic rings. The Balaban J connectivity index is 1.90. The molecule has 0 fully saturated rings. The summed E-state index contributed by atoms with van der Waals surface area (Å²) in [6, 6.07) is 17.0. The molecule has 2 aromatic carbocycles. The van der Waals surface area contributed by atoms with E-state index in [1.165, 1.54) is 0 Å². The van der Waals surface area contributed by atoms with Crippen molar-refractivity contribution in [1.82, 2.24) is 10.1 Å². The maximum absolute atomic E-state index is 12.9. The highest BCUT2D eigenvalue weighted by Gasteiger charge is 2.24. The van der Waals surface area contributed by atoms with Crippen LogP contribution in [0.15, 0.2) is 59.1 Å². The fraction of sp³-hybridized carbons (Fsp3) is 0.158. The van der Waals surface area contributed by atoms with E-state index in [2.05, 4.69) is 5.16 Å². The van der Waals surface area contributed by atoms with Crippen LogP contribution < -0.4 is 0 Å². The molecule has 0 radical (unpaired) electrons. The molecule has 0 aliphatic carbocycles. The van der Waals surface area contributed by atoms with Gasteiger partial charge in [0.05, 0.1) is 0 Å². The van der Waals surface area contributed by atoms with Crippen LogP contribution in [0.5, 0.6) is 0 Å². The first-order valence-corrected chi connectivity index (χ1v) is 7.96. The molecule has 0 bridgehead atoms. The second-order valence-electron chi connectivity index (χ2n) is 5.58. The van der Waals surface area contributed by atoms with E-state index in [1.807, 2.05) is 54.6 Å². The van der Waals surface area contributed by atoms with Crippen LogP contribution in [0.25, 0.3) is 11.3 Å². The van der Waals surface area contributed by atoms with E-state index in [1.54, 1.807) is 18.9 Å². The van der Waals surface area contributed by atoms with Gasteiger partial charge in [0.2, 0.25) is 0 Å². The lowest BCUT2D eigenvalue weighted by molar-refractivity contribution is 0.0784. The molecule has 1 heterocycles. The zero-order valence-electron chi connectivity index (χ0n) is 13.5. The Morgan fingerprint density at radius 2 is 1.79 bits per heavy atom. The molecule has 0 N–H and O–H groups in total. The summed E-state index contributed by atoms with van der Waals surface area (Å²) < 4.78 is 5.27. The molecule has 0 unspecified atom stereocenters. The molecule has 0 spiro atoms. The normalized spacial score (nSPS) is 10.6. The quantitative estimate of drug-likeness (QED) is 0.698. The summed E-state index contributed by atoms with van der Waals surface area (Å²) in [7, 11) is 1.74. The number of carbonyl (C=O) groups is 1. The number of hydrogen-bond acceptors (Lipinski definition) is 3. The van der Waals surface area contributed by atoms with Crippen molar-refractivity contribution in [2.75, 3.05) is 7.05 Å². The Hall–Kier alpha value is -2.59. The van der Waals surface area contributed by atoms with Gasteiger partial charge in [0.15, 0.2) is 0 Å². The van der Waals surface area contributed by atoms with Gasteiger partial charge in [-0.2, -0.15) is 0 Å². The lowest BCUT2D eigenvalue weighted by Gasteiger charge is -2.18. The molecule has 1 aromatic heterocycles. The molecule has 122 valence electrons. The minimum absolute atomic E-state index is 0.146.